The molecule has 132 valence electrons. The zero-order valence-electron chi connectivity index (χ0n) is 14.4. The third-order valence-electron chi connectivity index (χ3n) is 4.02. The van der Waals surface area contributed by atoms with Crippen LogP contribution in [-0.2, 0) is 10.5 Å². The second kappa shape index (κ2) is 8.33. The number of fused-ring (bicyclic) bond motifs is 1. The van der Waals surface area contributed by atoms with Gasteiger partial charge in [-0.15, -0.1) is 0 Å². The van der Waals surface area contributed by atoms with Crippen molar-refractivity contribution >= 4 is 23.1 Å². The number of ether oxygens (including phenoxy) is 2. The summed E-state index contributed by atoms with van der Waals surface area (Å²) in [6.45, 7) is 3.26. The number of para-hydroxylation sites is 2. The number of imidazole rings is 1. The van der Waals surface area contributed by atoms with Crippen LogP contribution in [0.1, 0.15) is 17.7 Å². The van der Waals surface area contributed by atoms with Gasteiger partial charge in [0, 0.05) is 31.8 Å². The lowest BCUT2D eigenvalue weighted by Crippen LogP contribution is -2.37. The molecule has 0 radical (unpaired) electrons. The van der Waals surface area contributed by atoms with Gasteiger partial charge in [-0.05, 0) is 31.1 Å². The predicted octanol–water partition coefficient (Wildman–Crippen LogP) is 3.27. The van der Waals surface area contributed by atoms with Gasteiger partial charge >= 0.3 is 5.95 Å². The lowest BCUT2D eigenvalue weighted by molar-refractivity contribution is -0.610. The maximum Gasteiger partial charge on any atom is 0.402 e. The molecule has 0 saturated heterocycles. The van der Waals surface area contributed by atoms with Crippen LogP contribution in [0.3, 0.4) is 0 Å². The minimum atomic E-state index is 0.443. The number of nitrogens with zero attached hydrogens (tertiary/aromatic N) is 2. The third-order valence-corrected chi connectivity index (χ3v) is 4.43. The molecule has 25 heavy (non-hydrogen) atoms. The molecule has 0 unspecified atom stereocenters. The first-order chi connectivity index (χ1) is 12.2. The Balaban J connectivity index is 1.94. The molecule has 0 amide bonds. The second-order valence-electron chi connectivity index (χ2n) is 5.67. The third kappa shape index (κ3) is 3.95. The summed E-state index contributed by atoms with van der Waals surface area (Å²) in [7, 11) is 1.68. The van der Waals surface area contributed by atoms with Gasteiger partial charge in [0.05, 0.1) is 18.6 Å². The molecule has 0 bridgehead atoms. The van der Waals surface area contributed by atoms with Crippen molar-refractivity contribution in [1.29, 1.82) is 0 Å². The van der Waals surface area contributed by atoms with Gasteiger partial charge in [-0.2, -0.15) is 0 Å². The highest BCUT2D eigenvalue weighted by Crippen LogP contribution is 2.22. The van der Waals surface area contributed by atoms with Crippen molar-refractivity contribution in [3.8, 4) is 11.7 Å². The normalized spacial score (nSPS) is 11.2. The van der Waals surface area contributed by atoms with Crippen LogP contribution < -0.4 is 9.30 Å². The van der Waals surface area contributed by atoms with Crippen molar-refractivity contribution in [2.24, 2.45) is 0 Å². The van der Waals surface area contributed by atoms with Gasteiger partial charge in [0.2, 0.25) is 0 Å². The molecule has 6 nitrogen and oxygen atoms in total. The van der Waals surface area contributed by atoms with E-state index in [2.05, 4.69) is 9.97 Å². The van der Waals surface area contributed by atoms with Gasteiger partial charge in [0.1, 0.15) is 17.0 Å². The van der Waals surface area contributed by atoms with E-state index in [1.807, 2.05) is 48.0 Å². The zero-order chi connectivity index (χ0) is 17.6. The molecule has 2 aromatic heterocycles. The SMILES string of the molecule is COCCCOc1cc[n+](-c2nc3ccccc3[nH]2)c(CSO)c1C. The fourth-order valence-electron chi connectivity index (χ4n) is 2.71. The molecule has 3 rings (SSSR count). The summed E-state index contributed by atoms with van der Waals surface area (Å²) in [5, 5.41) is 0. The molecule has 2 heterocycles. The van der Waals surface area contributed by atoms with E-state index in [1.165, 1.54) is 0 Å². The molecule has 3 aromatic rings. The summed E-state index contributed by atoms with van der Waals surface area (Å²) >= 11 is 0.787. The van der Waals surface area contributed by atoms with Crippen molar-refractivity contribution in [3.05, 3.63) is 47.8 Å². The van der Waals surface area contributed by atoms with Gasteiger partial charge in [-0.3, -0.25) is 0 Å². The van der Waals surface area contributed by atoms with Gasteiger partial charge in [-0.1, -0.05) is 17.1 Å². The zero-order valence-corrected chi connectivity index (χ0v) is 15.2. The molecule has 0 spiro atoms. The van der Waals surface area contributed by atoms with Gasteiger partial charge in [0.25, 0.3) is 0 Å². The molecule has 2 N–H and O–H groups in total. The molecule has 0 aliphatic heterocycles. The lowest BCUT2D eigenvalue weighted by Gasteiger charge is -2.13. The number of hydrogen-bond acceptors (Lipinski definition) is 5. The Morgan fingerprint density at radius 1 is 1.24 bits per heavy atom. The Bertz CT molecular complexity index is 818. The lowest BCUT2D eigenvalue weighted by atomic mass is 10.2. The number of pyridine rings is 1. The molecule has 7 heteroatoms. The minimum Gasteiger partial charge on any atom is -0.493 e. The smallest absolute Gasteiger partial charge is 0.402 e. The highest BCUT2D eigenvalue weighted by Gasteiger charge is 2.20. The Morgan fingerprint density at radius 2 is 2.08 bits per heavy atom. The van der Waals surface area contributed by atoms with Crippen LogP contribution >= 0.6 is 12.0 Å². The van der Waals surface area contributed by atoms with Crippen LogP contribution in [0, 0.1) is 6.92 Å². The van der Waals surface area contributed by atoms with Crippen LogP contribution in [0.25, 0.3) is 17.0 Å². The highest BCUT2D eigenvalue weighted by atomic mass is 32.2. The molecule has 0 saturated carbocycles. The fraction of sp³-hybridized carbons (Fsp3) is 0.333. The monoisotopic (exact) mass is 360 g/mol. The molecule has 0 aliphatic carbocycles. The minimum absolute atomic E-state index is 0.443. The summed E-state index contributed by atoms with van der Waals surface area (Å²) in [4.78, 5) is 7.96. The highest BCUT2D eigenvalue weighted by molar-refractivity contribution is 7.92. The van der Waals surface area contributed by atoms with E-state index in [9.17, 15) is 4.55 Å². The Kier molecular flexibility index (Phi) is 5.91. The van der Waals surface area contributed by atoms with E-state index < -0.39 is 0 Å². The molecular formula is C18H22N3O3S+. The Hall–Kier alpha value is -2.09. The number of aromatic amines is 1. The Labute approximate surface area is 151 Å². The van der Waals surface area contributed by atoms with Gasteiger partial charge < -0.3 is 14.0 Å². The first-order valence-corrected chi connectivity index (χ1v) is 9.06. The number of hydrogen-bond donors (Lipinski definition) is 2. The van der Waals surface area contributed by atoms with E-state index in [1.54, 1.807) is 7.11 Å². The van der Waals surface area contributed by atoms with Crippen LogP contribution in [-0.4, -0.2) is 34.8 Å². The van der Waals surface area contributed by atoms with Gasteiger partial charge in [0.15, 0.2) is 5.52 Å². The first-order valence-electron chi connectivity index (χ1n) is 8.12. The number of H-pyrrole nitrogens is 1. The number of nitrogens with one attached hydrogen (secondary N) is 1. The maximum absolute atomic E-state index is 9.41. The number of benzene rings is 1. The maximum atomic E-state index is 9.41. The number of rotatable bonds is 8. The van der Waals surface area contributed by atoms with Crippen molar-refractivity contribution in [3.63, 3.8) is 0 Å². The van der Waals surface area contributed by atoms with Crippen molar-refractivity contribution in [2.75, 3.05) is 20.3 Å². The molecule has 0 atom stereocenters. The van der Waals surface area contributed by atoms with Crippen molar-refractivity contribution < 1.29 is 18.6 Å². The van der Waals surface area contributed by atoms with Crippen LogP contribution in [0.4, 0.5) is 0 Å². The van der Waals surface area contributed by atoms with Crippen molar-refractivity contribution in [1.82, 2.24) is 9.97 Å². The van der Waals surface area contributed by atoms with E-state index in [4.69, 9.17) is 9.47 Å². The van der Waals surface area contributed by atoms with E-state index in [0.717, 1.165) is 52.5 Å². The van der Waals surface area contributed by atoms with E-state index in [-0.39, 0.29) is 0 Å². The summed E-state index contributed by atoms with van der Waals surface area (Å²) in [6.07, 6.45) is 2.75. The first kappa shape index (κ1) is 17.7. The summed E-state index contributed by atoms with van der Waals surface area (Å²) < 4.78 is 22.3. The topological polar surface area (TPSA) is 71.2 Å². The van der Waals surface area contributed by atoms with Crippen molar-refractivity contribution in [2.45, 2.75) is 19.1 Å². The number of aromatic nitrogens is 3. The van der Waals surface area contributed by atoms with Crippen LogP contribution in [0.2, 0.25) is 0 Å². The van der Waals surface area contributed by atoms with Crippen LogP contribution in [0.15, 0.2) is 36.5 Å². The molecular weight excluding hydrogens is 338 g/mol. The molecule has 0 fully saturated rings. The number of methoxy groups -OCH3 is 1. The standard InChI is InChI=1S/C18H21N3O3S/c1-13-16(12-25-22)21(9-8-17(13)24-11-5-10-23-2)18-19-14-6-3-4-7-15(14)20-18/h3-4,6-9H,5,10-12H2,1-2H3,(H-,19,20,22)/p+1. The average molecular weight is 360 g/mol. The summed E-state index contributed by atoms with van der Waals surface area (Å²) in [5.74, 6) is 1.98. The average Bonchev–Trinajstić information content (AvgIpc) is 3.05. The van der Waals surface area contributed by atoms with Gasteiger partial charge in [-0.25, -0.2) is 9.55 Å². The quantitative estimate of drug-likeness (QED) is 0.366. The predicted molar refractivity (Wildman–Crippen MR) is 98.3 cm³/mol. The Morgan fingerprint density at radius 3 is 2.84 bits per heavy atom. The van der Waals surface area contributed by atoms with E-state index >= 15 is 0 Å². The molecule has 0 aliphatic rings. The summed E-state index contributed by atoms with van der Waals surface area (Å²) in [5.41, 5.74) is 3.81. The second-order valence-corrected chi connectivity index (χ2v) is 6.21. The van der Waals surface area contributed by atoms with Crippen LogP contribution in [0.5, 0.6) is 5.75 Å². The molecule has 1 aromatic carbocycles. The van der Waals surface area contributed by atoms with E-state index in [0.29, 0.717) is 19.0 Å². The summed E-state index contributed by atoms with van der Waals surface area (Å²) in [6, 6.07) is 9.83. The fourth-order valence-corrected chi connectivity index (χ4v) is 3.19. The largest absolute Gasteiger partial charge is 0.493 e.